The zero-order valence-electron chi connectivity index (χ0n) is 14.7. The first-order chi connectivity index (χ1) is 13.6. The van der Waals surface area contributed by atoms with Crippen LogP contribution >= 0.6 is 0 Å². The molecule has 0 aliphatic rings. The van der Waals surface area contributed by atoms with Crippen LogP contribution in [0.4, 0.5) is 11.4 Å². The Balaban J connectivity index is 1.57. The van der Waals surface area contributed by atoms with Crippen molar-refractivity contribution in [1.29, 1.82) is 0 Å². The Morgan fingerprint density at radius 2 is 1.79 bits per heavy atom. The Hall–Kier alpha value is -4.00. The Kier molecular flexibility index (Phi) is 4.55. The van der Waals surface area contributed by atoms with Gasteiger partial charge in [-0.3, -0.25) is 14.9 Å². The van der Waals surface area contributed by atoms with E-state index in [1.54, 1.807) is 24.3 Å². The maximum Gasteiger partial charge on any atom is 0.282 e. The number of nitrogens with zero attached hydrogens (tertiary/aromatic N) is 2. The molecule has 0 bridgehead atoms. The van der Waals surface area contributed by atoms with E-state index >= 15 is 0 Å². The summed E-state index contributed by atoms with van der Waals surface area (Å²) in [5, 5.41) is 13.8. The fourth-order valence-electron chi connectivity index (χ4n) is 2.92. The lowest BCUT2D eigenvalue weighted by Gasteiger charge is -2.05. The second-order valence-corrected chi connectivity index (χ2v) is 6.18. The van der Waals surface area contributed by atoms with Gasteiger partial charge in [0, 0.05) is 18.2 Å². The molecule has 1 amide bonds. The highest BCUT2D eigenvalue weighted by molar-refractivity contribution is 6.07. The van der Waals surface area contributed by atoms with Crippen LogP contribution in [0.1, 0.15) is 21.8 Å². The second kappa shape index (κ2) is 7.32. The van der Waals surface area contributed by atoms with Crippen molar-refractivity contribution in [2.45, 2.75) is 6.42 Å². The summed E-state index contributed by atoms with van der Waals surface area (Å²) < 4.78 is 5.75. The van der Waals surface area contributed by atoms with Gasteiger partial charge in [-0.25, -0.2) is 4.98 Å². The van der Waals surface area contributed by atoms with E-state index in [9.17, 15) is 14.9 Å². The molecule has 1 aromatic heterocycles. The van der Waals surface area contributed by atoms with Crippen molar-refractivity contribution in [2.75, 3.05) is 5.32 Å². The molecule has 7 heteroatoms. The zero-order chi connectivity index (χ0) is 19.5. The molecule has 0 spiro atoms. The number of oxazole rings is 1. The number of benzene rings is 3. The predicted octanol–water partition coefficient (Wildman–Crippen LogP) is 4.58. The number of anilines is 1. The van der Waals surface area contributed by atoms with Crippen LogP contribution in [-0.2, 0) is 6.42 Å². The molecule has 0 unspecified atom stereocenters. The van der Waals surface area contributed by atoms with Gasteiger partial charge >= 0.3 is 0 Å². The van der Waals surface area contributed by atoms with Crippen LogP contribution in [0.15, 0.2) is 77.2 Å². The Labute approximate surface area is 159 Å². The molecule has 4 aromatic rings. The Bertz CT molecular complexity index is 1170. The van der Waals surface area contributed by atoms with Gasteiger partial charge in [-0.2, -0.15) is 0 Å². The van der Waals surface area contributed by atoms with E-state index < -0.39 is 10.8 Å². The number of carbonyl (C=O) groups excluding carboxylic acids is 1. The number of aromatic nitrogens is 1. The van der Waals surface area contributed by atoms with Gasteiger partial charge in [0.2, 0.25) is 0 Å². The molecule has 7 nitrogen and oxygen atoms in total. The SMILES string of the molecule is O=C(Nc1ccc2oc(Cc3ccccc3)nc2c1)c1ccccc1[N+](=O)[O-]. The minimum Gasteiger partial charge on any atom is -0.440 e. The number of carbonyl (C=O) groups is 1. The highest BCUT2D eigenvalue weighted by atomic mass is 16.6. The van der Waals surface area contributed by atoms with E-state index in [1.165, 1.54) is 18.2 Å². The molecule has 1 heterocycles. The molecule has 0 fully saturated rings. The maximum atomic E-state index is 12.5. The normalized spacial score (nSPS) is 10.7. The smallest absolute Gasteiger partial charge is 0.282 e. The average molecular weight is 373 g/mol. The van der Waals surface area contributed by atoms with E-state index in [-0.39, 0.29) is 11.3 Å². The molecule has 3 aromatic carbocycles. The second-order valence-electron chi connectivity index (χ2n) is 6.18. The minimum atomic E-state index is -0.578. The number of nitro groups is 1. The summed E-state index contributed by atoms with van der Waals surface area (Å²) in [4.78, 5) is 27.5. The van der Waals surface area contributed by atoms with Crippen LogP contribution in [0.2, 0.25) is 0 Å². The van der Waals surface area contributed by atoms with Crippen molar-refractivity contribution in [3.05, 3.63) is 99.9 Å². The molecule has 0 saturated carbocycles. The van der Waals surface area contributed by atoms with Crippen molar-refractivity contribution >= 4 is 28.4 Å². The number of amides is 1. The molecule has 0 atom stereocenters. The van der Waals surface area contributed by atoms with Gasteiger partial charge < -0.3 is 9.73 Å². The monoisotopic (exact) mass is 373 g/mol. The molecule has 4 rings (SSSR count). The summed E-state index contributed by atoms with van der Waals surface area (Å²) in [6.45, 7) is 0. The van der Waals surface area contributed by atoms with E-state index in [0.29, 0.717) is 29.1 Å². The van der Waals surface area contributed by atoms with Gasteiger partial charge in [0.25, 0.3) is 11.6 Å². The first kappa shape index (κ1) is 17.4. The molecular formula is C21H15N3O4. The van der Waals surface area contributed by atoms with Crippen LogP contribution in [0.25, 0.3) is 11.1 Å². The summed E-state index contributed by atoms with van der Waals surface area (Å²) in [5.41, 5.74) is 2.53. The first-order valence-corrected chi connectivity index (χ1v) is 8.58. The quantitative estimate of drug-likeness (QED) is 0.408. The summed E-state index contributed by atoms with van der Waals surface area (Å²) >= 11 is 0. The lowest BCUT2D eigenvalue weighted by Crippen LogP contribution is -2.13. The van der Waals surface area contributed by atoms with Crippen LogP contribution in [-0.4, -0.2) is 15.8 Å². The van der Waals surface area contributed by atoms with E-state index in [1.807, 2.05) is 30.3 Å². The van der Waals surface area contributed by atoms with Gasteiger partial charge in [0.15, 0.2) is 11.5 Å². The summed E-state index contributed by atoms with van der Waals surface area (Å²) in [7, 11) is 0. The maximum absolute atomic E-state index is 12.5. The molecule has 1 N–H and O–H groups in total. The largest absolute Gasteiger partial charge is 0.440 e. The van der Waals surface area contributed by atoms with Gasteiger partial charge in [-0.15, -0.1) is 0 Å². The van der Waals surface area contributed by atoms with Gasteiger partial charge in [0.1, 0.15) is 11.1 Å². The molecule has 28 heavy (non-hydrogen) atoms. The molecule has 138 valence electrons. The fourth-order valence-corrected chi connectivity index (χ4v) is 2.92. The summed E-state index contributed by atoms with van der Waals surface area (Å²) in [6.07, 6.45) is 0.563. The van der Waals surface area contributed by atoms with Crippen molar-refractivity contribution in [3.8, 4) is 0 Å². The number of rotatable bonds is 5. The minimum absolute atomic E-state index is 0.00230. The topological polar surface area (TPSA) is 98.3 Å². The molecule has 0 aliphatic carbocycles. The van der Waals surface area contributed by atoms with Crippen molar-refractivity contribution in [3.63, 3.8) is 0 Å². The molecule has 0 radical (unpaired) electrons. The predicted molar refractivity (Wildman–Crippen MR) is 104 cm³/mol. The highest BCUT2D eigenvalue weighted by Crippen LogP contribution is 2.23. The summed E-state index contributed by atoms with van der Waals surface area (Å²) in [5.74, 6) is 0.0167. The van der Waals surface area contributed by atoms with Crippen LogP contribution in [0, 0.1) is 10.1 Å². The van der Waals surface area contributed by atoms with Gasteiger partial charge in [-0.1, -0.05) is 42.5 Å². The number of para-hydroxylation sites is 1. The molecule has 0 aliphatic heterocycles. The Morgan fingerprint density at radius 3 is 2.57 bits per heavy atom. The lowest BCUT2D eigenvalue weighted by molar-refractivity contribution is -0.385. The third kappa shape index (κ3) is 3.59. The summed E-state index contributed by atoms with van der Waals surface area (Å²) in [6, 6.07) is 20.7. The highest BCUT2D eigenvalue weighted by Gasteiger charge is 2.19. The standard InChI is InChI=1S/C21H15N3O4/c25-21(16-8-4-5-9-18(16)24(26)27)22-15-10-11-19-17(13-15)23-20(28-19)12-14-6-2-1-3-7-14/h1-11,13H,12H2,(H,22,25). The van der Waals surface area contributed by atoms with Crippen LogP contribution in [0.5, 0.6) is 0 Å². The fraction of sp³-hybridized carbons (Fsp3) is 0.0476. The number of hydrogen-bond donors (Lipinski definition) is 1. The van der Waals surface area contributed by atoms with Crippen LogP contribution < -0.4 is 5.32 Å². The average Bonchev–Trinajstić information content (AvgIpc) is 3.10. The molecule has 0 saturated heterocycles. The Morgan fingerprint density at radius 1 is 1.04 bits per heavy atom. The third-order valence-electron chi connectivity index (χ3n) is 4.23. The first-order valence-electron chi connectivity index (χ1n) is 8.58. The lowest BCUT2D eigenvalue weighted by atomic mass is 10.1. The number of nitrogens with one attached hydrogen (secondary N) is 1. The van der Waals surface area contributed by atoms with Crippen molar-refractivity contribution < 1.29 is 14.1 Å². The van der Waals surface area contributed by atoms with Gasteiger partial charge in [0.05, 0.1) is 4.92 Å². The zero-order valence-corrected chi connectivity index (χ0v) is 14.7. The van der Waals surface area contributed by atoms with E-state index in [0.717, 1.165) is 5.56 Å². The van der Waals surface area contributed by atoms with Gasteiger partial charge in [-0.05, 0) is 29.8 Å². The number of nitro benzene ring substituents is 1. The molecular weight excluding hydrogens is 358 g/mol. The number of hydrogen-bond acceptors (Lipinski definition) is 5. The number of fused-ring (bicyclic) bond motifs is 1. The van der Waals surface area contributed by atoms with Crippen molar-refractivity contribution in [1.82, 2.24) is 4.98 Å². The van der Waals surface area contributed by atoms with E-state index in [2.05, 4.69) is 10.3 Å². The van der Waals surface area contributed by atoms with E-state index in [4.69, 9.17) is 4.42 Å². The van der Waals surface area contributed by atoms with Crippen LogP contribution in [0.3, 0.4) is 0 Å². The van der Waals surface area contributed by atoms with Crippen molar-refractivity contribution in [2.24, 2.45) is 0 Å². The third-order valence-corrected chi connectivity index (χ3v) is 4.23.